The molecule has 1 aliphatic rings. The lowest BCUT2D eigenvalue weighted by Crippen LogP contribution is -2.19. The van der Waals surface area contributed by atoms with Gasteiger partial charge in [-0.2, -0.15) is 13.2 Å². The number of hydrogen-bond acceptors (Lipinski definition) is 1. The first-order valence-electron chi connectivity index (χ1n) is 5.79. The van der Waals surface area contributed by atoms with Crippen LogP contribution >= 0.6 is 0 Å². The largest absolute Gasteiger partial charge is 0.416 e. The molecule has 4 heteroatoms. The van der Waals surface area contributed by atoms with Crippen molar-refractivity contribution in [3.05, 3.63) is 47.5 Å². The molecule has 0 heterocycles. The van der Waals surface area contributed by atoms with Gasteiger partial charge in [-0.1, -0.05) is 24.3 Å². The number of rotatable bonds is 1. The third-order valence-electron chi connectivity index (χ3n) is 3.53. The number of alkyl halides is 3. The molecule has 0 saturated heterocycles. The number of halogens is 3. The Hall–Kier alpha value is -1.55. The first-order valence-corrected chi connectivity index (χ1v) is 5.79. The first-order chi connectivity index (χ1) is 8.40. The minimum atomic E-state index is -4.30. The summed E-state index contributed by atoms with van der Waals surface area (Å²) in [6, 6.07) is 9.20. The second-order valence-corrected chi connectivity index (χ2v) is 4.90. The van der Waals surface area contributed by atoms with E-state index in [2.05, 4.69) is 0 Å². The van der Waals surface area contributed by atoms with Gasteiger partial charge < -0.3 is 5.73 Å². The molecule has 0 radical (unpaired) electrons. The lowest BCUT2D eigenvalue weighted by atomic mass is 9.96. The van der Waals surface area contributed by atoms with Crippen LogP contribution in [0.3, 0.4) is 0 Å². The van der Waals surface area contributed by atoms with Crippen molar-refractivity contribution in [3.63, 3.8) is 0 Å². The minimum absolute atomic E-state index is 0.334. The van der Waals surface area contributed by atoms with Crippen LogP contribution in [0.25, 0.3) is 10.8 Å². The van der Waals surface area contributed by atoms with Crippen LogP contribution in [0.2, 0.25) is 0 Å². The van der Waals surface area contributed by atoms with Crippen LogP contribution in [0.15, 0.2) is 36.4 Å². The average Bonchev–Trinajstić information content (AvgIpc) is 3.06. The minimum Gasteiger partial charge on any atom is -0.321 e. The fourth-order valence-electron chi connectivity index (χ4n) is 2.30. The Kier molecular flexibility index (Phi) is 2.23. The van der Waals surface area contributed by atoms with Gasteiger partial charge in [0.25, 0.3) is 0 Å². The molecule has 3 rings (SSSR count). The van der Waals surface area contributed by atoms with Gasteiger partial charge in [0.1, 0.15) is 0 Å². The zero-order chi connectivity index (χ0) is 13.0. The van der Waals surface area contributed by atoms with Crippen LogP contribution in [0.4, 0.5) is 13.2 Å². The maximum absolute atomic E-state index is 12.6. The number of fused-ring (bicyclic) bond motifs is 1. The second-order valence-electron chi connectivity index (χ2n) is 4.90. The zero-order valence-corrected chi connectivity index (χ0v) is 9.59. The molecule has 18 heavy (non-hydrogen) atoms. The molecule has 2 aromatic carbocycles. The molecule has 0 bridgehead atoms. The number of benzene rings is 2. The summed E-state index contributed by atoms with van der Waals surface area (Å²) >= 11 is 0. The van der Waals surface area contributed by atoms with Crippen molar-refractivity contribution in [2.24, 2.45) is 5.73 Å². The summed E-state index contributed by atoms with van der Waals surface area (Å²) < 4.78 is 37.9. The van der Waals surface area contributed by atoms with E-state index in [-0.39, 0.29) is 5.54 Å². The molecule has 1 saturated carbocycles. The van der Waals surface area contributed by atoms with E-state index in [0.29, 0.717) is 5.39 Å². The maximum atomic E-state index is 12.6. The molecule has 2 N–H and O–H groups in total. The van der Waals surface area contributed by atoms with Gasteiger partial charge in [-0.25, -0.2) is 0 Å². The van der Waals surface area contributed by atoms with Gasteiger partial charge >= 0.3 is 6.18 Å². The molecule has 1 nitrogen and oxygen atoms in total. The van der Waals surface area contributed by atoms with Crippen molar-refractivity contribution in [3.8, 4) is 0 Å². The monoisotopic (exact) mass is 251 g/mol. The van der Waals surface area contributed by atoms with Crippen molar-refractivity contribution < 1.29 is 13.2 Å². The Bertz CT molecular complexity index is 612. The van der Waals surface area contributed by atoms with Gasteiger partial charge in [-0.3, -0.25) is 0 Å². The normalized spacial score (nSPS) is 18.0. The summed E-state index contributed by atoms with van der Waals surface area (Å²) in [5.41, 5.74) is 6.14. The van der Waals surface area contributed by atoms with Crippen LogP contribution in [-0.4, -0.2) is 0 Å². The van der Waals surface area contributed by atoms with Crippen LogP contribution in [-0.2, 0) is 11.7 Å². The summed E-state index contributed by atoms with van der Waals surface area (Å²) in [6.07, 6.45) is -2.51. The van der Waals surface area contributed by atoms with Gasteiger partial charge in [0.05, 0.1) is 5.56 Å². The highest BCUT2D eigenvalue weighted by molar-refractivity contribution is 5.87. The van der Waals surface area contributed by atoms with Crippen LogP contribution < -0.4 is 5.73 Å². The number of hydrogen-bond donors (Lipinski definition) is 1. The zero-order valence-electron chi connectivity index (χ0n) is 9.59. The Morgan fingerprint density at radius 1 is 1.06 bits per heavy atom. The first kappa shape index (κ1) is 11.5. The molecule has 0 atom stereocenters. The van der Waals surface area contributed by atoms with Crippen molar-refractivity contribution >= 4 is 10.8 Å². The number of nitrogens with two attached hydrogens (primary N) is 1. The summed E-state index contributed by atoms with van der Waals surface area (Å²) in [5, 5.41) is 1.42. The molecule has 0 spiro atoms. The lowest BCUT2D eigenvalue weighted by molar-refractivity contribution is -0.137. The molecule has 0 aliphatic heterocycles. The third-order valence-corrected chi connectivity index (χ3v) is 3.53. The Morgan fingerprint density at radius 3 is 2.39 bits per heavy atom. The molecule has 0 unspecified atom stereocenters. The lowest BCUT2D eigenvalue weighted by Gasteiger charge is -2.14. The maximum Gasteiger partial charge on any atom is 0.416 e. The molecule has 1 aliphatic carbocycles. The Balaban J connectivity index is 2.20. The predicted molar refractivity (Wildman–Crippen MR) is 64.0 cm³/mol. The Morgan fingerprint density at radius 2 is 1.78 bits per heavy atom. The van der Waals surface area contributed by atoms with Crippen LogP contribution in [0, 0.1) is 0 Å². The summed E-state index contributed by atoms with van der Waals surface area (Å²) in [5.74, 6) is 0. The Labute approximate surface area is 102 Å². The van der Waals surface area contributed by atoms with Crippen molar-refractivity contribution in [2.75, 3.05) is 0 Å². The van der Waals surface area contributed by atoms with Crippen molar-refractivity contribution in [2.45, 2.75) is 24.6 Å². The summed E-state index contributed by atoms with van der Waals surface area (Å²) in [7, 11) is 0. The SMILES string of the molecule is NC1(c2cccc3cc(C(F)(F)F)ccc23)CC1. The topological polar surface area (TPSA) is 26.0 Å². The molecule has 94 valence electrons. The van der Waals surface area contributed by atoms with E-state index in [4.69, 9.17) is 5.73 Å². The van der Waals surface area contributed by atoms with E-state index < -0.39 is 11.7 Å². The molecule has 2 aromatic rings. The van der Waals surface area contributed by atoms with Crippen molar-refractivity contribution in [1.82, 2.24) is 0 Å². The van der Waals surface area contributed by atoms with E-state index in [1.165, 1.54) is 12.1 Å². The highest BCUT2D eigenvalue weighted by atomic mass is 19.4. The van der Waals surface area contributed by atoms with E-state index in [9.17, 15) is 13.2 Å². The summed E-state index contributed by atoms with van der Waals surface area (Å²) in [6.45, 7) is 0. The van der Waals surface area contributed by atoms with Gasteiger partial charge in [0.15, 0.2) is 0 Å². The smallest absolute Gasteiger partial charge is 0.321 e. The van der Waals surface area contributed by atoms with Gasteiger partial charge in [-0.15, -0.1) is 0 Å². The standard InChI is InChI=1S/C14H12F3N/c15-14(16,17)10-4-5-11-9(8-10)2-1-3-12(11)13(18)6-7-13/h1-5,8H,6-7,18H2. The van der Waals surface area contributed by atoms with Crippen LogP contribution in [0.1, 0.15) is 24.0 Å². The molecular weight excluding hydrogens is 239 g/mol. The van der Waals surface area contributed by atoms with Crippen LogP contribution in [0.5, 0.6) is 0 Å². The van der Waals surface area contributed by atoms with E-state index >= 15 is 0 Å². The molecule has 1 fully saturated rings. The molecular formula is C14H12F3N. The highest BCUT2D eigenvalue weighted by Gasteiger charge is 2.41. The quantitative estimate of drug-likeness (QED) is 0.819. The second kappa shape index (κ2) is 3.48. The average molecular weight is 251 g/mol. The summed E-state index contributed by atoms with van der Waals surface area (Å²) in [4.78, 5) is 0. The van der Waals surface area contributed by atoms with E-state index in [0.717, 1.165) is 29.9 Å². The fraction of sp³-hybridized carbons (Fsp3) is 0.286. The van der Waals surface area contributed by atoms with Gasteiger partial charge in [-0.05, 0) is 41.3 Å². The van der Waals surface area contributed by atoms with E-state index in [1.807, 2.05) is 6.07 Å². The molecule has 0 amide bonds. The van der Waals surface area contributed by atoms with Gasteiger partial charge in [0, 0.05) is 5.54 Å². The van der Waals surface area contributed by atoms with Gasteiger partial charge in [0.2, 0.25) is 0 Å². The third kappa shape index (κ3) is 1.77. The van der Waals surface area contributed by atoms with Crippen molar-refractivity contribution in [1.29, 1.82) is 0 Å². The predicted octanol–water partition coefficient (Wildman–Crippen LogP) is 3.81. The fourth-order valence-corrected chi connectivity index (χ4v) is 2.30. The molecule has 0 aromatic heterocycles. The van der Waals surface area contributed by atoms with E-state index in [1.54, 1.807) is 12.1 Å². The highest BCUT2D eigenvalue weighted by Crippen LogP contribution is 2.45.